The highest BCUT2D eigenvalue weighted by Gasteiger charge is 2.27. The van der Waals surface area contributed by atoms with Crippen LogP contribution in [0.15, 0.2) is 256 Å². The molecular formula is C66H50N2O3. The van der Waals surface area contributed by atoms with E-state index in [1.807, 2.05) is 98.8 Å². The number of allylic oxidation sites excluding steroid dienone is 4. The number of fused-ring (bicyclic) bond motifs is 10. The van der Waals surface area contributed by atoms with Crippen molar-refractivity contribution in [1.29, 1.82) is 0 Å². The molecule has 0 radical (unpaired) electrons. The summed E-state index contributed by atoms with van der Waals surface area (Å²) in [5, 5.41) is 8.60. The molecule has 0 saturated carbocycles. The van der Waals surface area contributed by atoms with E-state index in [4.69, 9.17) is 19.0 Å². The quantitative estimate of drug-likeness (QED) is 0.121. The Bertz CT molecular complexity index is 4120. The average molecular weight is 919 g/mol. The van der Waals surface area contributed by atoms with Gasteiger partial charge in [0.2, 0.25) is 0 Å². The molecule has 0 aliphatic carbocycles. The molecule has 0 atom stereocenters. The second kappa shape index (κ2) is 19.4. The summed E-state index contributed by atoms with van der Waals surface area (Å²) in [4.78, 5) is 2.38. The van der Waals surface area contributed by atoms with Crippen molar-refractivity contribution in [2.45, 2.75) is 13.8 Å². The van der Waals surface area contributed by atoms with E-state index in [1.165, 1.54) is 0 Å². The van der Waals surface area contributed by atoms with E-state index >= 15 is 0 Å². The Hall–Kier alpha value is -9.32. The molecule has 3 aromatic heterocycles. The lowest BCUT2D eigenvalue weighted by atomic mass is 9.95. The highest BCUT2D eigenvalue weighted by molar-refractivity contribution is 6.26. The first-order valence-electron chi connectivity index (χ1n) is 24.1. The summed E-state index contributed by atoms with van der Waals surface area (Å²) in [6.45, 7) is 8.11. The maximum atomic E-state index is 6.91. The SMILES string of the molecule is C=C/C(=C\C=C/c1c2ccccc2c(N(c2cccc(-c3ccccc3)c2)c2cccc3c2oc2ccccc23)c2c1oc1ccccc12)c1ccccc1.CC.Nc1cccc2c1oc1ccccc12. The monoisotopic (exact) mass is 918 g/mol. The summed E-state index contributed by atoms with van der Waals surface area (Å²) in [6, 6.07) is 75.2. The fourth-order valence-corrected chi connectivity index (χ4v) is 9.73. The number of nitrogens with zero attached hydrogens (tertiary/aromatic N) is 1. The normalized spacial score (nSPS) is 11.7. The van der Waals surface area contributed by atoms with Crippen molar-refractivity contribution in [2.24, 2.45) is 0 Å². The van der Waals surface area contributed by atoms with Crippen LogP contribution in [0.1, 0.15) is 25.0 Å². The Morgan fingerprint density at radius 3 is 1.66 bits per heavy atom. The largest absolute Gasteiger partial charge is 0.455 e. The molecule has 13 aromatic rings. The van der Waals surface area contributed by atoms with E-state index in [2.05, 4.69) is 169 Å². The number of furan rings is 3. The van der Waals surface area contributed by atoms with Gasteiger partial charge in [0, 0.05) is 43.6 Å². The predicted octanol–water partition coefficient (Wildman–Crippen LogP) is 19.3. The minimum Gasteiger partial charge on any atom is -0.455 e. The average Bonchev–Trinajstić information content (AvgIpc) is 4.15. The number of rotatable bonds is 8. The van der Waals surface area contributed by atoms with E-state index in [1.54, 1.807) is 0 Å². The van der Waals surface area contributed by atoms with Crippen molar-refractivity contribution in [2.75, 3.05) is 10.6 Å². The molecule has 3 heterocycles. The van der Waals surface area contributed by atoms with Gasteiger partial charge in [-0.2, -0.15) is 0 Å². The predicted molar refractivity (Wildman–Crippen MR) is 302 cm³/mol. The minimum absolute atomic E-state index is 0.693. The van der Waals surface area contributed by atoms with Gasteiger partial charge in [0.15, 0.2) is 11.2 Å². The number of para-hydroxylation sites is 5. The van der Waals surface area contributed by atoms with Crippen LogP contribution in [0, 0.1) is 0 Å². The van der Waals surface area contributed by atoms with Crippen LogP contribution in [0.4, 0.5) is 22.7 Å². The fraction of sp³-hybridized carbons (Fsp3) is 0.0303. The summed E-state index contributed by atoms with van der Waals surface area (Å²) in [6.07, 6.45) is 8.29. The van der Waals surface area contributed by atoms with Crippen LogP contribution in [0.3, 0.4) is 0 Å². The van der Waals surface area contributed by atoms with Crippen LogP contribution in [0.5, 0.6) is 0 Å². The van der Waals surface area contributed by atoms with Crippen LogP contribution in [0.2, 0.25) is 0 Å². The van der Waals surface area contributed by atoms with E-state index in [-0.39, 0.29) is 0 Å². The van der Waals surface area contributed by atoms with Gasteiger partial charge in [0.25, 0.3) is 0 Å². The van der Waals surface area contributed by atoms with Crippen LogP contribution in [-0.2, 0) is 0 Å². The Kier molecular flexibility index (Phi) is 12.0. The van der Waals surface area contributed by atoms with Crippen LogP contribution in [-0.4, -0.2) is 0 Å². The third-order valence-electron chi connectivity index (χ3n) is 12.9. The molecule has 2 N–H and O–H groups in total. The first-order valence-corrected chi connectivity index (χ1v) is 24.1. The maximum absolute atomic E-state index is 6.91. The first-order chi connectivity index (χ1) is 35.1. The molecule has 71 heavy (non-hydrogen) atoms. The van der Waals surface area contributed by atoms with Gasteiger partial charge in [-0.05, 0) is 70.1 Å². The van der Waals surface area contributed by atoms with Gasteiger partial charge in [-0.1, -0.05) is 221 Å². The molecule has 342 valence electrons. The van der Waals surface area contributed by atoms with Crippen molar-refractivity contribution in [3.8, 4) is 11.1 Å². The molecule has 0 fully saturated rings. The number of anilines is 4. The molecular weight excluding hydrogens is 869 g/mol. The van der Waals surface area contributed by atoms with E-state index in [9.17, 15) is 0 Å². The van der Waals surface area contributed by atoms with Gasteiger partial charge in [0.05, 0.1) is 22.4 Å². The molecule has 5 nitrogen and oxygen atoms in total. The van der Waals surface area contributed by atoms with Gasteiger partial charge in [0.1, 0.15) is 22.3 Å². The van der Waals surface area contributed by atoms with Crippen LogP contribution >= 0.6 is 0 Å². The second-order valence-corrected chi connectivity index (χ2v) is 17.0. The molecule has 0 aliphatic heterocycles. The van der Waals surface area contributed by atoms with Gasteiger partial charge >= 0.3 is 0 Å². The molecule has 13 rings (SSSR count). The Balaban J connectivity index is 0.000000290. The summed E-state index contributed by atoms with van der Waals surface area (Å²) in [5.74, 6) is 0. The van der Waals surface area contributed by atoms with Crippen molar-refractivity contribution >= 4 is 111 Å². The van der Waals surface area contributed by atoms with Gasteiger partial charge in [-0.25, -0.2) is 0 Å². The number of benzene rings is 10. The molecule has 0 saturated heterocycles. The van der Waals surface area contributed by atoms with Gasteiger partial charge in [-0.15, -0.1) is 0 Å². The lowest BCUT2D eigenvalue weighted by Crippen LogP contribution is -2.12. The molecule has 0 unspecified atom stereocenters. The fourth-order valence-electron chi connectivity index (χ4n) is 9.73. The summed E-state index contributed by atoms with van der Waals surface area (Å²) in [5.41, 5.74) is 20.0. The molecule has 5 heteroatoms. The van der Waals surface area contributed by atoms with Crippen molar-refractivity contribution < 1.29 is 13.3 Å². The second-order valence-electron chi connectivity index (χ2n) is 17.0. The highest BCUT2D eigenvalue weighted by Crippen LogP contribution is 2.51. The molecule has 0 spiro atoms. The van der Waals surface area contributed by atoms with E-state index < -0.39 is 0 Å². The summed E-state index contributed by atoms with van der Waals surface area (Å²) >= 11 is 0. The smallest absolute Gasteiger partial charge is 0.159 e. The van der Waals surface area contributed by atoms with Gasteiger partial charge < -0.3 is 23.9 Å². The summed E-state index contributed by atoms with van der Waals surface area (Å²) in [7, 11) is 0. The highest BCUT2D eigenvalue weighted by atomic mass is 16.3. The first kappa shape index (κ1) is 44.2. The number of hydrogen-bond acceptors (Lipinski definition) is 5. The summed E-state index contributed by atoms with van der Waals surface area (Å²) < 4.78 is 19.3. The molecule has 0 amide bonds. The van der Waals surface area contributed by atoms with Gasteiger partial charge in [-0.3, -0.25) is 0 Å². The Morgan fingerprint density at radius 1 is 0.465 bits per heavy atom. The van der Waals surface area contributed by atoms with E-state index in [0.717, 1.165) is 121 Å². The maximum Gasteiger partial charge on any atom is 0.159 e. The lowest BCUT2D eigenvalue weighted by molar-refractivity contribution is 0.668. The molecule has 10 aromatic carbocycles. The Labute approximate surface area is 412 Å². The minimum atomic E-state index is 0.693. The zero-order chi connectivity index (χ0) is 48.3. The zero-order valence-electron chi connectivity index (χ0n) is 39.6. The topological polar surface area (TPSA) is 68.7 Å². The Morgan fingerprint density at radius 2 is 0.972 bits per heavy atom. The lowest BCUT2D eigenvalue weighted by Gasteiger charge is -2.28. The number of nitrogen functional groups attached to an aromatic ring is 1. The zero-order valence-corrected chi connectivity index (χ0v) is 39.6. The van der Waals surface area contributed by atoms with Crippen LogP contribution < -0.4 is 10.6 Å². The van der Waals surface area contributed by atoms with Crippen LogP contribution in [0.25, 0.3) is 99.4 Å². The van der Waals surface area contributed by atoms with Crippen molar-refractivity contribution in [3.63, 3.8) is 0 Å². The number of nitrogens with two attached hydrogens (primary N) is 1. The van der Waals surface area contributed by atoms with Crippen molar-refractivity contribution in [3.05, 3.63) is 254 Å². The third-order valence-corrected chi connectivity index (χ3v) is 12.9. The molecule has 0 bridgehead atoms. The standard InChI is InChI=1S/C52H35NO2.C12H9NO.C2H6/c1-2-35(36-18-5-3-6-19-36)22-16-29-43-40-25-9-10-27-42(40)50(49-45-28-12-14-33-48(45)55-52(43)49)53(39-24-15-23-38(34-39)37-20-7-4-8-21-37)46-31-17-30-44-41-26-11-13-32-47(41)54-51(44)46;13-10-6-3-5-9-8-4-1-2-7-11(8)14-12(9)10;1-2/h2-34H,1H2;1-7H,13H2;1-2H3/b29-16-,35-22+;;. The third kappa shape index (κ3) is 8.09. The van der Waals surface area contributed by atoms with E-state index in [0.29, 0.717) is 5.69 Å². The van der Waals surface area contributed by atoms with Crippen molar-refractivity contribution in [1.82, 2.24) is 0 Å². The molecule has 0 aliphatic rings. The number of hydrogen-bond donors (Lipinski definition) is 1.